The second kappa shape index (κ2) is 11.1. The van der Waals surface area contributed by atoms with Crippen LogP contribution in [0.15, 0.2) is 53.5 Å². The highest BCUT2D eigenvalue weighted by atomic mass is 16.5. The first-order valence-corrected chi connectivity index (χ1v) is 9.82. The summed E-state index contributed by atoms with van der Waals surface area (Å²) in [5, 5.41) is 6.70. The summed E-state index contributed by atoms with van der Waals surface area (Å²) in [5.74, 6) is 1.73. The van der Waals surface area contributed by atoms with Gasteiger partial charge in [0.05, 0.1) is 0 Å². The number of amides is 1. The average molecular weight is 397 g/mol. The number of ether oxygens (including phenoxy) is 1. The number of guanidine groups is 1. The highest BCUT2D eigenvalue weighted by Crippen LogP contribution is 2.15. The van der Waals surface area contributed by atoms with Crippen molar-refractivity contribution in [1.82, 2.24) is 15.5 Å². The van der Waals surface area contributed by atoms with Crippen molar-refractivity contribution >= 4 is 11.9 Å². The Balaban J connectivity index is 1.83. The Morgan fingerprint density at radius 1 is 1.14 bits per heavy atom. The minimum absolute atomic E-state index is 0.0318. The standard InChI is InChI=1S/C23H32N4O2/c1-17-9-11-20(12-10-17)18(2)14-25-23(24-3)26-15-19-7-6-8-21(13-19)29-16-22(28)27(4)5/h6-13,18H,14-16H2,1-5H3,(H2,24,25,26). The summed E-state index contributed by atoms with van der Waals surface area (Å²) >= 11 is 0. The van der Waals surface area contributed by atoms with Gasteiger partial charge in [-0.25, -0.2) is 0 Å². The molecule has 0 aliphatic rings. The second-order valence-electron chi connectivity index (χ2n) is 7.34. The molecular weight excluding hydrogens is 364 g/mol. The van der Waals surface area contributed by atoms with E-state index in [1.165, 1.54) is 16.0 Å². The van der Waals surface area contributed by atoms with E-state index < -0.39 is 0 Å². The maximum Gasteiger partial charge on any atom is 0.259 e. The zero-order valence-electron chi connectivity index (χ0n) is 18.0. The lowest BCUT2D eigenvalue weighted by Gasteiger charge is -2.17. The van der Waals surface area contributed by atoms with Crippen molar-refractivity contribution in [3.63, 3.8) is 0 Å². The fraction of sp³-hybridized carbons (Fsp3) is 0.391. The molecule has 0 aliphatic heterocycles. The summed E-state index contributed by atoms with van der Waals surface area (Å²) in [6.45, 7) is 5.72. The van der Waals surface area contributed by atoms with Crippen LogP contribution in [0.3, 0.4) is 0 Å². The molecule has 1 atom stereocenters. The molecule has 2 aromatic rings. The maximum absolute atomic E-state index is 11.7. The van der Waals surface area contributed by atoms with Gasteiger partial charge in [0.25, 0.3) is 5.91 Å². The summed E-state index contributed by atoms with van der Waals surface area (Å²) in [4.78, 5) is 17.5. The van der Waals surface area contributed by atoms with Crippen molar-refractivity contribution in [2.45, 2.75) is 26.3 Å². The van der Waals surface area contributed by atoms with Gasteiger partial charge in [-0.2, -0.15) is 0 Å². The quantitative estimate of drug-likeness (QED) is 0.532. The van der Waals surface area contributed by atoms with Gasteiger partial charge in [-0.05, 0) is 36.1 Å². The Morgan fingerprint density at radius 3 is 2.52 bits per heavy atom. The van der Waals surface area contributed by atoms with E-state index in [1.807, 2.05) is 24.3 Å². The molecule has 2 rings (SSSR count). The van der Waals surface area contributed by atoms with E-state index in [0.29, 0.717) is 18.2 Å². The van der Waals surface area contributed by atoms with Crippen molar-refractivity contribution < 1.29 is 9.53 Å². The van der Waals surface area contributed by atoms with Gasteiger partial charge in [0.15, 0.2) is 12.6 Å². The van der Waals surface area contributed by atoms with E-state index in [0.717, 1.165) is 18.1 Å². The molecule has 6 heteroatoms. The van der Waals surface area contributed by atoms with Crippen LogP contribution in [-0.2, 0) is 11.3 Å². The fourth-order valence-corrected chi connectivity index (χ4v) is 2.69. The molecule has 0 heterocycles. The zero-order chi connectivity index (χ0) is 21.2. The number of likely N-dealkylation sites (N-methyl/N-ethyl adjacent to an activating group) is 1. The Bertz CT molecular complexity index is 816. The van der Waals surface area contributed by atoms with Crippen molar-refractivity contribution in [2.75, 3.05) is 34.3 Å². The molecule has 0 spiro atoms. The molecule has 2 N–H and O–H groups in total. The number of carbonyl (C=O) groups is 1. The third-order valence-corrected chi connectivity index (χ3v) is 4.67. The summed E-state index contributed by atoms with van der Waals surface area (Å²) < 4.78 is 5.57. The van der Waals surface area contributed by atoms with Crippen LogP contribution in [0.2, 0.25) is 0 Å². The molecule has 0 saturated heterocycles. The van der Waals surface area contributed by atoms with Crippen LogP contribution in [0.4, 0.5) is 0 Å². The molecule has 156 valence electrons. The van der Waals surface area contributed by atoms with Gasteiger partial charge in [0.2, 0.25) is 0 Å². The SMILES string of the molecule is CN=C(NCc1cccc(OCC(=O)N(C)C)c1)NCC(C)c1ccc(C)cc1. The second-order valence-corrected chi connectivity index (χ2v) is 7.34. The smallest absolute Gasteiger partial charge is 0.259 e. The predicted molar refractivity (Wildman–Crippen MR) is 118 cm³/mol. The van der Waals surface area contributed by atoms with Crippen LogP contribution in [-0.4, -0.2) is 51.1 Å². The topological polar surface area (TPSA) is 66.0 Å². The number of nitrogens with one attached hydrogen (secondary N) is 2. The molecule has 6 nitrogen and oxygen atoms in total. The fourth-order valence-electron chi connectivity index (χ4n) is 2.69. The Labute approximate surface area is 174 Å². The number of nitrogens with zero attached hydrogens (tertiary/aromatic N) is 2. The van der Waals surface area contributed by atoms with Gasteiger partial charge in [-0.1, -0.05) is 48.9 Å². The average Bonchev–Trinajstić information content (AvgIpc) is 2.72. The molecule has 0 aliphatic carbocycles. The number of rotatable bonds is 8. The number of hydrogen-bond donors (Lipinski definition) is 2. The minimum atomic E-state index is -0.0687. The van der Waals surface area contributed by atoms with Crippen molar-refractivity contribution in [2.24, 2.45) is 4.99 Å². The zero-order valence-corrected chi connectivity index (χ0v) is 18.0. The van der Waals surface area contributed by atoms with Crippen LogP contribution in [0.1, 0.15) is 29.5 Å². The Hall–Kier alpha value is -3.02. The summed E-state index contributed by atoms with van der Waals surface area (Å²) in [6.07, 6.45) is 0. The molecule has 0 fully saturated rings. The van der Waals surface area contributed by atoms with Crippen molar-refractivity contribution in [3.8, 4) is 5.75 Å². The normalized spacial score (nSPS) is 12.2. The van der Waals surface area contributed by atoms with Crippen LogP contribution in [0.25, 0.3) is 0 Å². The summed E-state index contributed by atoms with van der Waals surface area (Å²) in [7, 11) is 5.19. The van der Waals surface area contributed by atoms with Crippen LogP contribution in [0, 0.1) is 6.92 Å². The van der Waals surface area contributed by atoms with E-state index in [9.17, 15) is 4.79 Å². The van der Waals surface area contributed by atoms with E-state index in [1.54, 1.807) is 21.1 Å². The van der Waals surface area contributed by atoms with E-state index in [-0.39, 0.29) is 12.5 Å². The first-order chi connectivity index (χ1) is 13.9. The number of hydrogen-bond acceptors (Lipinski definition) is 3. The largest absolute Gasteiger partial charge is 0.484 e. The lowest BCUT2D eigenvalue weighted by Crippen LogP contribution is -2.38. The monoisotopic (exact) mass is 396 g/mol. The van der Waals surface area contributed by atoms with Gasteiger partial charge >= 0.3 is 0 Å². The molecular formula is C23H32N4O2. The number of carbonyl (C=O) groups excluding carboxylic acids is 1. The van der Waals surface area contributed by atoms with Gasteiger partial charge in [-0.15, -0.1) is 0 Å². The van der Waals surface area contributed by atoms with E-state index in [2.05, 4.69) is 53.7 Å². The molecule has 0 radical (unpaired) electrons. The van der Waals surface area contributed by atoms with E-state index >= 15 is 0 Å². The Morgan fingerprint density at radius 2 is 1.86 bits per heavy atom. The minimum Gasteiger partial charge on any atom is -0.484 e. The molecule has 1 amide bonds. The predicted octanol–water partition coefficient (Wildman–Crippen LogP) is 2.93. The van der Waals surface area contributed by atoms with Crippen molar-refractivity contribution in [1.29, 1.82) is 0 Å². The summed E-state index contributed by atoms with van der Waals surface area (Å²) in [6, 6.07) is 16.3. The van der Waals surface area contributed by atoms with Crippen LogP contribution >= 0.6 is 0 Å². The molecule has 2 aromatic carbocycles. The van der Waals surface area contributed by atoms with Crippen LogP contribution in [0.5, 0.6) is 5.75 Å². The molecule has 29 heavy (non-hydrogen) atoms. The van der Waals surface area contributed by atoms with Gasteiger partial charge in [-0.3, -0.25) is 9.79 Å². The maximum atomic E-state index is 11.7. The summed E-state index contributed by atoms with van der Waals surface area (Å²) in [5.41, 5.74) is 3.62. The van der Waals surface area contributed by atoms with Gasteiger partial charge < -0.3 is 20.3 Å². The third kappa shape index (κ3) is 7.49. The molecule has 0 aromatic heterocycles. The highest BCUT2D eigenvalue weighted by molar-refractivity contribution is 5.79. The lowest BCUT2D eigenvalue weighted by atomic mass is 10.0. The molecule has 1 unspecified atom stereocenters. The van der Waals surface area contributed by atoms with Crippen molar-refractivity contribution in [3.05, 3.63) is 65.2 Å². The molecule has 0 bridgehead atoms. The molecule has 0 saturated carbocycles. The lowest BCUT2D eigenvalue weighted by molar-refractivity contribution is -0.130. The first kappa shape index (κ1) is 22.3. The highest BCUT2D eigenvalue weighted by Gasteiger charge is 2.08. The Kier molecular flexibility index (Phi) is 8.52. The number of aryl methyl sites for hydroxylation is 1. The number of aliphatic imine (C=N–C) groups is 1. The van der Waals surface area contributed by atoms with Gasteiger partial charge in [0, 0.05) is 34.2 Å². The third-order valence-electron chi connectivity index (χ3n) is 4.67. The van der Waals surface area contributed by atoms with Crippen LogP contribution < -0.4 is 15.4 Å². The van der Waals surface area contributed by atoms with E-state index in [4.69, 9.17) is 4.74 Å². The first-order valence-electron chi connectivity index (χ1n) is 9.82. The number of benzene rings is 2. The van der Waals surface area contributed by atoms with Gasteiger partial charge in [0.1, 0.15) is 5.75 Å².